The van der Waals surface area contributed by atoms with Crippen molar-refractivity contribution in [1.82, 2.24) is 24.1 Å². The first-order chi connectivity index (χ1) is 20.9. The number of rotatable bonds is 8. The number of aryl methyl sites for hydroxylation is 1. The zero-order chi connectivity index (χ0) is 29.5. The Morgan fingerprint density at radius 1 is 0.977 bits per heavy atom. The number of fused-ring (bicyclic) bond motifs is 5. The molecule has 0 N–H and O–H groups in total. The molecule has 0 saturated heterocycles. The van der Waals surface area contributed by atoms with Gasteiger partial charge in [-0.3, -0.25) is 9.69 Å². The Balaban J connectivity index is 1.31. The molecule has 3 aromatic heterocycles. The number of thioether (sulfide) groups is 1. The fourth-order valence-electron chi connectivity index (χ4n) is 5.76. The molecule has 0 amide bonds. The van der Waals surface area contributed by atoms with E-state index in [-0.39, 0.29) is 11.7 Å². The summed E-state index contributed by atoms with van der Waals surface area (Å²) in [5.74, 6) is 2.14. The van der Waals surface area contributed by atoms with Crippen molar-refractivity contribution in [3.8, 4) is 11.4 Å². The second kappa shape index (κ2) is 11.6. The molecular formula is C34H33N5O2S2. The van der Waals surface area contributed by atoms with E-state index < -0.39 is 0 Å². The second-order valence-electron chi connectivity index (χ2n) is 11.3. The Kier molecular flexibility index (Phi) is 7.55. The van der Waals surface area contributed by atoms with Crippen LogP contribution in [0.2, 0.25) is 0 Å². The predicted octanol–water partition coefficient (Wildman–Crippen LogP) is 7.04. The van der Waals surface area contributed by atoms with Crippen molar-refractivity contribution in [2.24, 2.45) is 0 Å². The van der Waals surface area contributed by atoms with Gasteiger partial charge in [-0.15, -0.1) is 21.5 Å². The Hall–Kier alpha value is -3.92. The van der Waals surface area contributed by atoms with E-state index in [0.717, 1.165) is 64.2 Å². The van der Waals surface area contributed by atoms with Gasteiger partial charge in [-0.2, -0.15) is 0 Å². The Bertz CT molecular complexity index is 1980. The normalized spacial score (nSPS) is 13.7. The van der Waals surface area contributed by atoms with Crippen molar-refractivity contribution >= 4 is 39.1 Å². The van der Waals surface area contributed by atoms with Crippen LogP contribution >= 0.6 is 23.1 Å². The summed E-state index contributed by atoms with van der Waals surface area (Å²) in [7, 11) is 0. The molecule has 218 valence electrons. The van der Waals surface area contributed by atoms with Gasteiger partial charge in [-0.25, -0.2) is 8.97 Å². The smallest absolute Gasteiger partial charge is 0.268 e. The van der Waals surface area contributed by atoms with Gasteiger partial charge in [-0.1, -0.05) is 66.4 Å². The van der Waals surface area contributed by atoms with Gasteiger partial charge in [0.05, 0.1) is 17.2 Å². The van der Waals surface area contributed by atoms with Crippen LogP contribution in [-0.2, 0) is 25.3 Å². The summed E-state index contributed by atoms with van der Waals surface area (Å²) in [6, 6.07) is 26.8. The monoisotopic (exact) mass is 607 g/mol. The molecule has 6 aromatic rings. The molecule has 0 spiro atoms. The van der Waals surface area contributed by atoms with Crippen LogP contribution in [0, 0.1) is 6.92 Å². The molecule has 1 aliphatic rings. The first kappa shape index (κ1) is 27.9. The topological polar surface area (TPSA) is 64.7 Å². The minimum absolute atomic E-state index is 0.0215. The van der Waals surface area contributed by atoms with Crippen LogP contribution in [0.25, 0.3) is 21.7 Å². The number of hydrogen-bond acceptors (Lipinski definition) is 7. The Morgan fingerprint density at radius 3 is 2.56 bits per heavy atom. The fourth-order valence-corrected chi connectivity index (χ4v) is 8.09. The van der Waals surface area contributed by atoms with Crippen LogP contribution < -0.4 is 10.3 Å². The van der Waals surface area contributed by atoms with Crippen LogP contribution in [0.15, 0.2) is 88.8 Å². The maximum absolute atomic E-state index is 14.3. The molecule has 0 atom stereocenters. The third-order valence-electron chi connectivity index (χ3n) is 7.73. The lowest BCUT2D eigenvalue weighted by molar-refractivity contribution is 0.242. The van der Waals surface area contributed by atoms with Gasteiger partial charge in [0, 0.05) is 30.3 Å². The SMILES string of the molecule is Cc1cccc(-n2c(=O)c3c4c(sc3n3c(SCc5ccc(OC(C)C)cc5)nnc23)CN(Cc2ccccc2)CC4)c1. The van der Waals surface area contributed by atoms with Crippen LogP contribution in [-0.4, -0.2) is 36.7 Å². The molecule has 9 heteroatoms. The predicted molar refractivity (Wildman–Crippen MR) is 175 cm³/mol. The van der Waals surface area contributed by atoms with Gasteiger partial charge >= 0.3 is 0 Å². The minimum atomic E-state index is -0.0215. The van der Waals surface area contributed by atoms with E-state index in [1.54, 1.807) is 27.7 Å². The van der Waals surface area contributed by atoms with Gasteiger partial charge in [0.15, 0.2) is 5.16 Å². The summed E-state index contributed by atoms with van der Waals surface area (Å²) in [6.07, 6.45) is 0.976. The van der Waals surface area contributed by atoms with E-state index in [1.807, 2.05) is 57.2 Å². The summed E-state index contributed by atoms with van der Waals surface area (Å²) in [5, 5.41) is 10.8. The van der Waals surface area contributed by atoms with E-state index in [2.05, 4.69) is 62.0 Å². The molecule has 1 aliphatic heterocycles. The number of ether oxygens (including phenoxy) is 1. The summed E-state index contributed by atoms with van der Waals surface area (Å²) < 4.78 is 9.66. The van der Waals surface area contributed by atoms with Crippen molar-refractivity contribution < 1.29 is 4.74 Å². The second-order valence-corrected chi connectivity index (χ2v) is 13.4. The number of thiophene rings is 1. The van der Waals surface area contributed by atoms with Crippen molar-refractivity contribution in [1.29, 1.82) is 0 Å². The lowest BCUT2D eigenvalue weighted by atomic mass is 10.0. The van der Waals surface area contributed by atoms with E-state index in [0.29, 0.717) is 5.78 Å². The molecule has 7 rings (SSSR count). The van der Waals surface area contributed by atoms with E-state index in [9.17, 15) is 4.79 Å². The highest BCUT2D eigenvalue weighted by Gasteiger charge is 2.28. The third-order valence-corrected chi connectivity index (χ3v) is 9.93. The molecular weight excluding hydrogens is 575 g/mol. The van der Waals surface area contributed by atoms with E-state index >= 15 is 0 Å². The van der Waals surface area contributed by atoms with E-state index in [4.69, 9.17) is 4.74 Å². The van der Waals surface area contributed by atoms with Crippen molar-refractivity contribution in [2.45, 2.75) is 57.3 Å². The Morgan fingerprint density at radius 2 is 1.79 bits per heavy atom. The number of nitrogens with zero attached hydrogens (tertiary/aromatic N) is 5. The van der Waals surface area contributed by atoms with Crippen LogP contribution in [0.3, 0.4) is 0 Å². The fraction of sp³-hybridized carbons (Fsp3) is 0.265. The van der Waals surface area contributed by atoms with E-state index in [1.165, 1.54) is 21.6 Å². The zero-order valence-electron chi connectivity index (χ0n) is 24.5. The van der Waals surface area contributed by atoms with Crippen molar-refractivity contribution in [3.05, 3.63) is 116 Å². The molecule has 4 heterocycles. The first-order valence-electron chi connectivity index (χ1n) is 14.6. The average molecular weight is 608 g/mol. The highest BCUT2D eigenvalue weighted by Crippen LogP contribution is 2.36. The summed E-state index contributed by atoms with van der Waals surface area (Å²) >= 11 is 3.35. The van der Waals surface area contributed by atoms with Crippen LogP contribution in [0.4, 0.5) is 0 Å². The highest BCUT2D eigenvalue weighted by atomic mass is 32.2. The van der Waals surface area contributed by atoms with Crippen molar-refractivity contribution in [3.63, 3.8) is 0 Å². The third kappa shape index (κ3) is 5.48. The van der Waals surface area contributed by atoms with Crippen LogP contribution in [0.1, 0.15) is 41.0 Å². The lowest BCUT2D eigenvalue weighted by Crippen LogP contribution is -2.30. The molecule has 0 saturated carbocycles. The van der Waals surface area contributed by atoms with Gasteiger partial charge in [0.25, 0.3) is 5.56 Å². The molecule has 43 heavy (non-hydrogen) atoms. The van der Waals surface area contributed by atoms with Gasteiger partial charge in [-0.05, 0) is 73.7 Å². The highest BCUT2D eigenvalue weighted by molar-refractivity contribution is 7.98. The number of hydrogen-bond donors (Lipinski definition) is 0. The zero-order valence-corrected chi connectivity index (χ0v) is 26.1. The maximum Gasteiger partial charge on any atom is 0.268 e. The summed E-state index contributed by atoms with van der Waals surface area (Å²) in [6.45, 7) is 8.73. The Labute approximate surface area is 258 Å². The average Bonchev–Trinajstić information content (AvgIpc) is 3.59. The lowest BCUT2D eigenvalue weighted by Gasteiger charge is -2.26. The molecule has 3 aromatic carbocycles. The van der Waals surface area contributed by atoms with Crippen molar-refractivity contribution in [2.75, 3.05) is 6.54 Å². The largest absolute Gasteiger partial charge is 0.491 e. The van der Waals surface area contributed by atoms with Gasteiger partial charge in [0.1, 0.15) is 10.6 Å². The molecule has 7 nitrogen and oxygen atoms in total. The number of aromatic nitrogens is 4. The molecule has 0 radical (unpaired) electrons. The standard InChI is InChI=1S/C34H33N5O2S2/c1-22(2)41-27-14-12-25(13-15-27)21-42-34-36-35-33-38(26-11-7-8-23(3)18-26)31(40)30-28-16-17-37(19-24-9-5-4-6-10-24)20-29(28)43-32(30)39(33)34/h4-15,18,22H,16-17,19-21H2,1-3H3. The van der Waals surface area contributed by atoms with Gasteiger partial charge in [0.2, 0.25) is 5.78 Å². The summed E-state index contributed by atoms with van der Waals surface area (Å²) in [5.41, 5.74) is 5.52. The van der Waals surface area contributed by atoms with Crippen LogP contribution in [0.5, 0.6) is 5.75 Å². The number of benzene rings is 3. The maximum atomic E-state index is 14.3. The van der Waals surface area contributed by atoms with Gasteiger partial charge < -0.3 is 4.74 Å². The minimum Gasteiger partial charge on any atom is -0.491 e. The quantitative estimate of drug-likeness (QED) is 0.173. The molecule has 0 fully saturated rings. The first-order valence-corrected chi connectivity index (χ1v) is 16.4. The molecule has 0 bridgehead atoms. The molecule has 0 aliphatic carbocycles. The molecule has 0 unspecified atom stereocenters. The summed E-state index contributed by atoms with van der Waals surface area (Å²) in [4.78, 5) is 19.0.